The van der Waals surface area contributed by atoms with E-state index in [1.54, 1.807) is 13.8 Å². The average Bonchev–Trinajstić information content (AvgIpc) is 2.53. The third kappa shape index (κ3) is 5.85. The molecule has 0 bridgehead atoms. The molecule has 4 nitrogen and oxygen atoms in total. The highest BCUT2D eigenvalue weighted by atomic mass is 16.6. The normalized spacial score (nSPS) is 13.8. The van der Waals surface area contributed by atoms with Gasteiger partial charge < -0.3 is 9.47 Å². The maximum absolute atomic E-state index is 12.1. The lowest BCUT2D eigenvalue weighted by Gasteiger charge is -2.41. The van der Waals surface area contributed by atoms with Gasteiger partial charge in [-0.15, -0.1) is 0 Å². The fourth-order valence-corrected chi connectivity index (χ4v) is 2.55. The van der Waals surface area contributed by atoms with E-state index in [2.05, 4.69) is 27.0 Å². The van der Waals surface area contributed by atoms with Crippen molar-refractivity contribution in [2.75, 3.05) is 6.61 Å². The average molecular weight is 324 g/mol. The van der Waals surface area contributed by atoms with Gasteiger partial charge in [-0.05, 0) is 32.6 Å². The Balaban J connectivity index is 5.48. The molecular weight excluding hydrogens is 292 g/mol. The molecule has 2 unspecified atom stereocenters. The Morgan fingerprint density at radius 2 is 1.48 bits per heavy atom. The summed E-state index contributed by atoms with van der Waals surface area (Å²) in [6.07, 6.45) is 2.02. The predicted octanol–water partition coefficient (Wildman–Crippen LogP) is 4.45. The van der Waals surface area contributed by atoms with Crippen molar-refractivity contribution in [1.29, 1.82) is 0 Å². The van der Waals surface area contributed by atoms with E-state index in [1.807, 2.05) is 13.8 Å². The summed E-state index contributed by atoms with van der Waals surface area (Å²) in [6, 6.07) is 0. The van der Waals surface area contributed by atoms with Crippen LogP contribution in [0.3, 0.4) is 0 Å². The first kappa shape index (κ1) is 21.4. The Kier molecular flexibility index (Phi) is 8.88. The van der Waals surface area contributed by atoms with Gasteiger partial charge in [0, 0.05) is 16.6 Å². The van der Waals surface area contributed by atoms with Gasteiger partial charge >= 0.3 is 11.9 Å². The third-order valence-electron chi connectivity index (χ3n) is 4.59. The van der Waals surface area contributed by atoms with E-state index in [1.165, 1.54) is 0 Å². The lowest BCUT2D eigenvalue weighted by molar-refractivity contribution is -0.165. The van der Waals surface area contributed by atoms with Crippen molar-refractivity contribution in [3.8, 4) is 0 Å². The fraction of sp³-hybridized carbons (Fsp3) is 0.684. The van der Waals surface area contributed by atoms with Gasteiger partial charge in [0.05, 0.1) is 0 Å². The van der Waals surface area contributed by atoms with Crippen LogP contribution < -0.4 is 0 Å². The summed E-state index contributed by atoms with van der Waals surface area (Å²) in [4.78, 5) is 23.8. The lowest BCUT2D eigenvalue weighted by Crippen LogP contribution is -2.45. The molecule has 0 fully saturated rings. The first-order chi connectivity index (χ1) is 10.6. The molecule has 0 saturated carbocycles. The molecule has 0 aromatic heterocycles. The molecule has 0 heterocycles. The SMILES string of the molecule is C=C(C)C(=O)OCC(CC)(CC)C(OC(=O)C(=C)C)C(C)CC. The van der Waals surface area contributed by atoms with Crippen LogP contribution >= 0.6 is 0 Å². The molecule has 0 saturated heterocycles. The highest BCUT2D eigenvalue weighted by Crippen LogP contribution is 2.38. The van der Waals surface area contributed by atoms with E-state index < -0.39 is 17.4 Å². The largest absolute Gasteiger partial charge is 0.462 e. The summed E-state index contributed by atoms with van der Waals surface area (Å²) in [6.45, 7) is 18.9. The number of carbonyl (C=O) groups excluding carboxylic acids is 2. The molecule has 4 heteroatoms. The Bertz CT molecular complexity index is 446. The van der Waals surface area contributed by atoms with Crippen LogP contribution in [0.25, 0.3) is 0 Å². The number of hydrogen-bond acceptors (Lipinski definition) is 4. The highest BCUT2D eigenvalue weighted by molar-refractivity contribution is 5.87. The first-order valence-corrected chi connectivity index (χ1v) is 8.34. The predicted molar refractivity (Wildman–Crippen MR) is 92.9 cm³/mol. The van der Waals surface area contributed by atoms with Crippen LogP contribution in [0.1, 0.15) is 60.8 Å². The maximum Gasteiger partial charge on any atom is 0.333 e. The molecule has 0 rings (SSSR count). The minimum atomic E-state index is -0.412. The van der Waals surface area contributed by atoms with Crippen LogP contribution in [0.15, 0.2) is 24.3 Å². The van der Waals surface area contributed by atoms with Crippen molar-refractivity contribution in [3.05, 3.63) is 24.3 Å². The van der Waals surface area contributed by atoms with E-state index in [0.29, 0.717) is 11.1 Å². The van der Waals surface area contributed by atoms with E-state index in [0.717, 1.165) is 19.3 Å². The van der Waals surface area contributed by atoms with Gasteiger partial charge in [-0.1, -0.05) is 47.3 Å². The molecule has 0 aliphatic carbocycles. The highest BCUT2D eigenvalue weighted by Gasteiger charge is 2.42. The van der Waals surface area contributed by atoms with E-state index >= 15 is 0 Å². The van der Waals surface area contributed by atoms with Crippen molar-refractivity contribution in [3.63, 3.8) is 0 Å². The zero-order valence-corrected chi connectivity index (χ0v) is 15.5. The van der Waals surface area contributed by atoms with Crippen LogP contribution in [0.4, 0.5) is 0 Å². The van der Waals surface area contributed by atoms with E-state index in [-0.39, 0.29) is 18.6 Å². The molecule has 0 radical (unpaired) electrons. The third-order valence-corrected chi connectivity index (χ3v) is 4.59. The Morgan fingerprint density at radius 1 is 1.00 bits per heavy atom. The molecule has 0 aromatic rings. The van der Waals surface area contributed by atoms with Crippen molar-refractivity contribution >= 4 is 11.9 Å². The van der Waals surface area contributed by atoms with E-state index in [4.69, 9.17) is 9.47 Å². The summed E-state index contributed by atoms with van der Waals surface area (Å²) in [5.41, 5.74) is 0.328. The van der Waals surface area contributed by atoms with Crippen molar-refractivity contribution in [2.24, 2.45) is 11.3 Å². The zero-order chi connectivity index (χ0) is 18.2. The van der Waals surface area contributed by atoms with Crippen LogP contribution in [0.2, 0.25) is 0 Å². The monoisotopic (exact) mass is 324 g/mol. The number of carbonyl (C=O) groups is 2. The molecule has 0 aliphatic rings. The molecule has 0 aromatic carbocycles. The van der Waals surface area contributed by atoms with Gasteiger partial charge in [0.15, 0.2) is 0 Å². The summed E-state index contributed by atoms with van der Waals surface area (Å²) < 4.78 is 11.2. The molecule has 0 N–H and O–H groups in total. The summed E-state index contributed by atoms with van der Waals surface area (Å²) in [7, 11) is 0. The van der Waals surface area contributed by atoms with Gasteiger partial charge in [0.2, 0.25) is 0 Å². The molecule has 0 aliphatic heterocycles. The fourth-order valence-electron chi connectivity index (χ4n) is 2.55. The topological polar surface area (TPSA) is 52.6 Å². The van der Waals surface area contributed by atoms with Crippen LogP contribution in [0, 0.1) is 11.3 Å². The first-order valence-electron chi connectivity index (χ1n) is 8.34. The summed E-state index contributed by atoms with van der Waals surface area (Å²) in [5, 5.41) is 0. The summed E-state index contributed by atoms with van der Waals surface area (Å²) in [5.74, 6) is -0.653. The van der Waals surface area contributed by atoms with Gasteiger partial charge in [0.1, 0.15) is 12.7 Å². The van der Waals surface area contributed by atoms with Crippen molar-refractivity contribution in [1.82, 2.24) is 0 Å². The lowest BCUT2D eigenvalue weighted by atomic mass is 9.72. The Hall–Kier alpha value is -1.58. The molecule has 0 spiro atoms. The van der Waals surface area contributed by atoms with E-state index in [9.17, 15) is 9.59 Å². The second-order valence-corrected chi connectivity index (χ2v) is 6.42. The number of hydrogen-bond donors (Lipinski definition) is 0. The number of esters is 2. The molecular formula is C19H32O4. The standard InChI is InChI=1S/C19H32O4/c1-9-15(8)16(23-18(21)14(6)7)19(10-2,11-3)12-22-17(20)13(4)5/h15-16H,4,6,9-12H2,1-3,5,7-8H3. The minimum absolute atomic E-state index is 0.154. The van der Waals surface area contributed by atoms with Crippen molar-refractivity contribution in [2.45, 2.75) is 66.9 Å². The maximum atomic E-state index is 12.1. The molecule has 0 amide bonds. The Labute approximate surface area is 140 Å². The van der Waals surface area contributed by atoms with Gasteiger partial charge in [0.25, 0.3) is 0 Å². The minimum Gasteiger partial charge on any atom is -0.462 e. The quantitative estimate of drug-likeness (QED) is 0.440. The second kappa shape index (κ2) is 9.53. The van der Waals surface area contributed by atoms with Crippen molar-refractivity contribution < 1.29 is 19.1 Å². The summed E-state index contributed by atoms with van der Waals surface area (Å²) >= 11 is 0. The van der Waals surface area contributed by atoms with Crippen LogP contribution in [-0.2, 0) is 19.1 Å². The Morgan fingerprint density at radius 3 is 1.83 bits per heavy atom. The van der Waals surface area contributed by atoms with Gasteiger partial charge in [-0.3, -0.25) is 0 Å². The molecule has 132 valence electrons. The van der Waals surface area contributed by atoms with Crippen LogP contribution in [0.5, 0.6) is 0 Å². The second-order valence-electron chi connectivity index (χ2n) is 6.42. The van der Waals surface area contributed by atoms with Gasteiger partial charge in [-0.25, -0.2) is 9.59 Å². The number of rotatable bonds is 10. The number of ether oxygens (including phenoxy) is 2. The zero-order valence-electron chi connectivity index (χ0n) is 15.5. The van der Waals surface area contributed by atoms with Crippen LogP contribution in [-0.4, -0.2) is 24.6 Å². The molecule has 2 atom stereocenters. The van der Waals surface area contributed by atoms with Gasteiger partial charge in [-0.2, -0.15) is 0 Å². The molecule has 23 heavy (non-hydrogen) atoms. The smallest absolute Gasteiger partial charge is 0.333 e.